The van der Waals surface area contributed by atoms with E-state index in [9.17, 15) is 31.6 Å². The topological polar surface area (TPSA) is 133 Å². The van der Waals surface area contributed by atoms with Crippen molar-refractivity contribution in [3.63, 3.8) is 0 Å². The molecule has 5 unspecified atom stereocenters. The minimum absolute atomic E-state index is 0.00491. The monoisotopic (exact) mass is 412 g/mol. The van der Waals surface area contributed by atoms with Gasteiger partial charge in [0.25, 0.3) is 0 Å². The molecule has 2 aliphatic carbocycles. The molecule has 1 aliphatic heterocycles. The first-order chi connectivity index (χ1) is 12.3. The van der Waals surface area contributed by atoms with Crippen LogP contribution >= 0.6 is 0 Å². The van der Waals surface area contributed by atoms with Crippen molar-refractivity contribution in [2.24, 2.45) is 23.2 Å². The first-order valence-electron chi connectivity index (χ1n) is 8.19. The first-order valence-corrected chi connectivity index (χ1v) is 9.63. The number of carbonyl (C=O) groups is 3. The van der Waals surface area contributed by atoms with Crippen LogP contribution in [0.3, 0.4) is 0 Å². The zero-order valence-corrected chi connectivity index (χ0v) is 15.2. The fourth-order valence-corrected chi connectivity index (χ4v) is 4.11. The average molecular weight is 412 g/mol. The Balaban J connectivity index is 1.60. The van der Waals surface area contributed by atoms with Gasteiger partial charge in [0.1, 0.15) is 18.8 Å². The molecule has 1 saturated heterocycles. The van der Waals surface area contributed by atoms with Crippen LogP contribution < -0.4 is 0 Å². The molecule has 0 aromatic rings. The van der Waals surface area contributed by atoms with Gasteiger partial charge >= 0.3 is 33.3 Å². The Bertz CT molecular complexity index is 791. The molecule has 3 rings (SSSR count). The molecule has 0 radical (unpaired) electrons. The number of rotatable bonds is 6. The van der Waals surface area contributed by atoms with Crippen LogP contribution in [-0.2, 0) is 38.7 Å². The van der Waals surface area contributed by atoms with E-state index in [-0.39, 0.29) is 23.7 Å². The van der Waals surface area contributed by atoms with Gasteiger partial charge in [0, 0.05) is 11.8 Å². The number of fused-ring (bicyclic) bond motifs is 1. The summed E-state index contributed by atoms with van der Waals surface area (Å²) in [5.74, 6) is -3.91. The van der Waals surface area contributed by atoms with Crippen molar-refractivity contribution in [2.45, 2.75) is 44.2 Å². The molecule has 27 heavy (non-hydrogen) atoms. The van der Waals surface area contributed by atoms with Crippen LogP contribution in [0.4, 0.5) is 8.78 Å². The van der Waals surface area contributed by atoms with E-state index in [1.54, 1.807) is 0 Å². The van der Waals surface area contributed by atoms with E-state index in [0.29, 0.717) is 12.8 Å². The molecule has 9 nitrogen and oxygen atoms in total. The minimum Gasteiger partial charge on any atom is -0.459 e. The summed E-state index contributed by atoms with van der Waals surface area (Å²) in [4.78, 5) is 35.4. The molecule has 0 spiro atoms. The van der Waals surface area contributed by atoms with E-state index in [0.717, 1.165) is 0 Å². The smallest absolute Gasteiger partial charge is 0.459 e. The third-order valence-electron chi connectivity index (χ3n) is 5.34. The van der Waals surface area contributed by atoms with Crippen LogP contribution in [0, 0.1) is 23.2 Å². The SMILES string of the molecule is CC(C)(COC(=O)C(F)(F)S(=O)(=O)O)C(=O)OC1C2CC3C(=O)OC1C3C2. The van der Waals surface area contributed by atoms with E-state index in [4.69, 9.17) is 14.0 Å². The van der Waals surface area contributed by atoms with Gasteiger partial charge in [0.05, 0.1) is 11.3 Å². The normalized spacial score (nSPS) is 32.3. The van der Waals surface area contributed by atoms with Crippen molar-refractivity contribution >= 4 is 28.0 Å². The Morgan fingerprint density at radius 2 is 1.89 bits per heavy atom. The maximum absolute atomic E-state index is 13.2. The Hall–Kier alpha value is -1.82. The number of hydrogen-bond donors (Lipinski definition) is 1. The molecule has 1 heterocycles. The summed E-state index contributed by atoms with van der Waals surface area (Å²) >= 11 is 0. The van der Waals surface area contributed by atoms with Crippen molar-refractivity contribution < 1.29 is 50.3 Å². The molecule has 152 valence electrons. The molecule has 2 saturated carbocycles. The lowest BCUT2D eigenvalue weighted by Gasteiger charge is -2.30. The van der Waals surface area contributed by atoms with Crippen LogP contribution in [0.15, 0.2) is 0 Å². The molecule has 0 amide bonds. The summed E-state index contributed by atoms with van der Waals surface area (Å²) < 4.78 is 70.7. The van der Waals surface area contributed by atoms with Gasteiger partial charge in [-0.3, -0.25) is 14.1 Å². The molecular weight excluding hydrogens is 394 g/mol. The second kappa shape index (κ2) is 6.09. The molecule has 12 heteroatoms. The summed E-state index contributed by atoms with van der Waals surface area (Å²) in [7, 11) is -6.00. The highest BCUT2D eigenvalue weighted by Gasteiger charge is 2.63. The minimum atomic E-state index is -6.00. The zero-order chi connectivity index (χ0) is 20.4. The van der Waals surface area contributed by atoms with E-state index in [1.165, 1.54) is 13.8 Å². The number of carbonyl (C=O) groups excluding carboxylic acids is 3. The van der Waals surface area contributed by atoms with E-state index in [1.807, 2.05) is 0 Å². The highest BCUT2D eigenvalue weighted by molar-refractivity contribution is 7.87. The lowest BCUT2D eigenvalue weighted by atomic mass is 9.87. The number of ether oxygens (including phenoxy) is 3. The predicted octanol–water partition coefficient (Wildman–Crippen LogP) is 0.530. The van der Waals surface area contributed by atoms with Crippen molar-refractivity contribution in [1.29, 1.82) is 0 Å². The maximum atomic E-state index is 13.2. The van der Waals surface area contributed by atoms with Crippen LogP contribution in [0.5, 0.6) is 0 Å². The van der Waals surface area contributed by atoms with Crippen molar-refractivity contribution in [3.8, 4) is 0 Å². The fourth-order valence-electron chi connectivity index (χ4n) is 3.84. The first kappa shape index (κ1) is 19.9. The fraction of sp³-hybridized carbons (Fsp3) is 0.800. The number of halogens is 2. The molecule has 5 atom stereocenters. The Kier molecular flexibility index (Phi) is 4.50. The highest BCUT2D eigenvalue weighted by atomic mass is 32.2. The lowest BCUT2D eigenvalue weighted by molar-refractivity contribution is -0.178. The summed E-state index contributed by atoms with van der Waals surface area (Å²) in [6, 6.07) is 0. The van der Waals surface area contributed by atoms with Crippen LogP contribution in [0.2, 0.25) is 0 Å². The van der Waals surface area contributed by atoms with Gasteiger partial charge in [-0.25, -0.2) is 4.79 Å². The van der Waals surface area contributed by atoms with Gasteiger partial charge in [0.2, 0.25) is 0 Å². The number of alkyl halides is 2. The van der Waals surface area contributed by atoms with E-state index >= 15 is 0 Å². The Morgan fingerprint density at radius 1 is 1.26 bits per heavy atom. The Labute approximate surface area is 153 Å². The Morgan fingerprint density at radius 3 is 2.48 bits per heavy atom. The number of esters is 3. The summed E-state index contributed by atoms with van der Waals surface area (Å²) in [5, 5.41) is -5.15. The molecule has 0 aromatic heterocycles. The van der Waals surface area contributed by atoms with Crippen LogP contribution in [0.1, 0.15) is 26.7 Å². The summed E-state index contributed by atoms with van der Waals surface area (Å²) in [6.07, 6.45) is 0.0509. The third-order valence-corrected chi connectivity index (χ3v) is 6.15. The van der Waals surface area contributed by atoms with Gasteiger partial charge < -0.3 is 14.2 Å². The van der Waals surface area contributed by atoms with Crippen LogP contribution in [-0.4, -0.2) is 54.9 Å². The molecule has 0 aromatic carbocycles. The second-order valence-corrected chi connectivity index (χ2v) is 9.19. The second-order valence-electron chi connectivity index (χ2n) is 7.73. The van der Waals surface area contributed by atoms with Gasteiger partial charge in [0.15, 0.2) is 0 Å². The molecule has 1 N–H and O–H groups in total. The van der Waals surface area contributed by atoms with Crippen molar-refractivity contribution in [1.82, 2.24) is 0 Å². The van der Waals surface area contributed by atoms with Crippen molar-refractivity contribution in [3.05, 3.63) is 0 Å². The maximum Gasteiger partial charge on any atom is 0.465 e. The summed E-state index contributed by atoms with van der Waals surface area (Å²) in [6.45, 7) is 1.61. The highest BCUT2D eigenvalue weighted by Crippen LogP contribution is 2.55. The average Bonchev–Trinajstić information content (AvgIpc) is 3.16. The zero-order valence-electron chi connectivity index (χ0n) is 14.4. The van der Waals surface area contributed by atoms with Gasteiger partial charge in [-0.1, -0.05) is 0 Å². The lowest BCUT2D eigenvalue weighted by Crippen LogP contribution is -2.44. The number of hydrogen-bond acceptors (Lipinski definition) is 8. The molecule has 2 bridgehead atoms. The molecular formula is C15H18F2O9S. The van der Waals surface area contributed by atoms with Gasteiger partial charge in [-0.2, -0.15) is 17.2 Å². The largest absolute Gasteiger partial charge is 0.465 e. The quantitative estimate of drug-likeness (QED) is 0.377. The van der Waals surface area contributed by atoms with E-state index in [2.05, 4.69) is 4.74 Å². The molecule has 3 fully saturated rings. The van der Waals surface area contributed by atoms with Gasteiger partial charge in [-0.05, 0) is 26.7 Å². The van der Waals surface area contributed by atoms with Crippen LogP contribution in [0.25, 0.3) is 0 Å². The molecule has 3 aliphatic rings. The third kappa shape index (κ3) is 3.18. The predicted molar refractivity (Wildman–Crippen MR) is 80.7 cm³/mol. The summed E-state index contributed by atoms with van der Waals surface area (Å²) in [5.41, 5.74) is -1.57. The van der Waals surface area contributed by atoms with Crippen molar-refractivity contribution in [2.75, 3.05) is 6.61 Å². The van der Waals surface area contributed by atoms with Gasteiger partial charge in [-0.15, -0.1) is 0 Å². The van der Waals surface area contributed by atoms with E-state index < -0.39 is 51.5 Å². The standard InChI is InChI=1S/C15H18F2O9S/c1-14(2,5-24-13(20)15(16,17)27(21,22)23)12(19)26-9-6-3-7-8(4-6)11(18)25-10(7)9/h6-10H,3-5H2,1-2H3,(H,21,22,23).